The number of hydrogen-bond donors (Lipinski definition) is 2. The fourth-order valence-electron chi connectivity index (χ4n) is 3.21. The van der Waals surface area contributed by atoms with Crippen molar-refractivity contribution in [2.24, 2.45) is 0 Å². The normalized spacial score (nSPS) is 16.0. The summed E-state index contributed by atoms with van der Waals surface area (Å²) in [7, 11) is 0. The van der Waals surface area contributed by atoms with Gasteiger partial charge in [-0.05, 0) is 38.4 Å². The molecule has 2 heterocycles. The van der Waals surface area contributed by atoms with E-state index in [1.807, 2.05) is 17.5 Å². The Morgan fingerprint density at radius 3 is 2.80 bits per heavy atom. The predicted molar refractivity (Wildman–Crippen MR) is 97.8 cm³/mol. The van der Waals surface area contributed by atoms with Crippen LogP contribution < -0.4 is 11.1 Å². The molecule has 3 N–H and O–H groups in total. The molecular formula is C18H23FN4OS. The highest BCUT2D eigenvalue weighted by atomic mass is 32.1. The average molecular weight is 362 g/mol. The zero-order chi connectivity index (χ0) is 17.6. The molecule has 3 rings (SSSR count). The van der Waals surface area contributed by atoms with Gasteiger partial charge in [0.15, 0.2) is 5.13 Å². The number of halogens is 1. The number of likely N-dealkylation sites (tertiary alicyclic amines) is 1. The van der Waals surface area contributed by atoms with E-state index in [1.165, 1.54) is 17.4 Å². The molecule has 5 nitrogen and oxygen atoms in total. The van der Waals surface area contributed by atoms with Gasteiger partial charge in [-0.2, -0.15) is 0 Å². The highest BCUT2D eigenvalue weighted by molar-refractivity contribution is 7.13. The van der Waals surface area contributed by atoms with E-state index in [2.05, 4.69) is 15.2 Å². The zero-order valence-corrected chi connectivity index (χ0v) is 14.9. The Kier molecular flexibility index (Phi) is 5.99. The SMILES string of the molecule is Nc1nc(CCC(=O)NCC(c2ccccc2F)N2CCCC2)cs1. The molecule has 1 aromatic heterocycles. The van der Waals surface area contributed by atoms with Crippen LogP contribution in [0.5, 0.6) is 0 Å². The maximum atomic E-state index is 14.2. The highest BCUT2D eigenvalue weighted by Crippen LogP contribution is 2.26. The molecule has 134 valence electrons. The van der Waals surface area contributed by atoms with Crippen molar-refractivity contribution >= 4 is 22.4 Å². The lowest BCUT2D eigenvalue weighted by molar-refractivity contribution is -0.121. The lowest BCUT2D eigenvalue weighted by atomic mass is 10.0. The first-order valence-electron chi connectivity index (χ1n) is 8.58. The van der Waals surface area contributed by atoms with Crippen molar-refractivity contribution in [3.05, 3.63) is 46.7 Å². The van der Waals surface area contributed by atoms with Crippen molar-refractivity contribution < 1.29 is 9.18 Å². The fourth-order valence-corrected chi connectivity index (χ4v) is 3.81. The number of anilines is 1. The molecular weight excluding hydrogens is 339 g/mol. The van der Waals surface area contributed by atoms with E-state index < -0.39 is 0 Å². The summed E-state index contributed by atoms with van der Waals surface area (Å²) in [5.74, 6) is -0.265. The second-order valence-corrected chi connectivity index (χ2v) is 7.15. The van der Waals surface area contributed by atoms with Gasteiger partial charge in [-0.3, -0.25) is 9.69 Å². The summed E-state index contributed by atoms with van der Waals surface area (Å²) in [5.41, 5.74) is 7.08. The molecule has 0 bridgehead atoms. The molecule has 1 amide bonds. The van der Waals surface area contributed by atoms with Gasteiger partial charge in [0.25, 0.3) is 0 Å². The molecule has 0 saturated carbocycles. The number of amides is 1. The van der Waals surface area contributed by atoms with Crippen LogP contribution in [-0.2, 0) is 11.2 Å². The third kappa shape index (κ3) is 4.76. The Morgan fingerprint density at radius 1 is 1.36 bits per heavy atom. The summed E-state index contributed by atoms with van der Waals surface area (Å²) >= 11 is 1.38. The standard InChI is InChI=1S/C18H23FN4OS/c19-15-6-2-1-5-14(15)16(23-9-3-4-10-23)11-21-17(24)8-7-13-12-25-18(20)22-13/h1-2,5-6,12,16H,3-4,7-11H2,(H2,20,22)(H,21,24). The number of aryl methyl sites for hydroxylation is 1. The van der Waals surface area contributed by atoms with E-state index in [-0.39, 0.29) is 17.8 Å². The van der Waals surface area contributed by atoms with E-state index >= 15 is 0 Å². The van der Waals surface area contributed by atoms with E-state index in [0.717, 1.165) is 31.6 Å². The molecule has 7 heteroatoms. The Labute approximate surface area is 151 Å². The van der Waals surface area contributed by atoms with Crippen LogP contribution in [0.2, 0.25) is 0 Å². The minimum absolute atomic E-state index is 0.0490. The van der Waals surface area contributed by atoms with Crippen LogP contribution in [0.25, 0.3) is 0 Å². The van der Waals surface area contributed by atoms with E-state index in [9.17, 15) is 9.18 Å². The third-order valence-electron chi connectivity index (χ3n) is 4.52. The number of nitrogens with one attached hydrogen (secondary N) is 1. The first-order chi connectivity index (χ1) is 12.1. The number of carbonyl (C=O) groups excluding carboxylic acids is 1. The van der Waals surface area contributed by atoms with Gasteiger partial charge in [-0.1, -0.05) is 18.2 Å². The van der Waals surface area contributed by atoms with Gasteiger partial charge < -0.3 is 11.1 Å². The molecule has 0 aliphatic carbocycles. The van der Waals surface area contributed by atoms with Gasteiger partial charge in [0.05, 0.1) is 11.7 Å². The summed E-state index contributed by atoms with van der Waals surface area (Å²) in [6.07, 6.45) is 3.15. The first-order valence-corrected chi connectivity index (χ1v) is 9.46. The van der Waals surface area contributed by atoms with Gasteiger partial charge in [0.1, 0.15) is 5.82 Å². The number of carbonyl (C=O) groups is 1. The molecule has 0 radical (unpaired) electrons. The molecule has 1 aliphatic heterocycles. The van der Waals surface area contributed by atoms with Gasteiger partial charge in [0.2, 0.25) is 5.91 Å². The van der Waals surface area contributed by atoms with Gasteiger partial charge in [-0.25, -0.2) is 9.37 Å². The second-order valence-electron chi connectivity index (χ2n) is 6.26. The van der Waals surface area contributed by atoms with Crippen LogP contribution in [-0.4, -0.2) is 35.4 Å². The Morgan fingerprint density at radius 2 is 2.12 bits per heavy atom. The molecule has 0 spiro atoms. The lowest BCUT2D eigenvalue weighted by Gasteiger charge is -2.28. The van der Waals surface area contributed by atoms with Gasteiger partial charge >= 0.3 is 0 Å². The molecule has 1 aliphatic rings. The molecule has 1 saturated heterocycles. The molecule has 1 fully saturated rings. The van der Waals surface area contributed by atoms with Crippen molar-refractivity contribution in [1.29, 1.82) is 0 Å². The predicted octanol–water partition coefficient (Wildman–Crippen LogP) is 2.75. The van der Waals surface area contributed by atoms with Crippen LogP contribution in [0, 0.1) is 5.82 Å². The van der Waals surface area contributed by atoms with Crippen molar-refractivity contribution in [2.45, 2.75) is 31.7 Å². The molecule has 2 aromatic rings. The van der Waals surface area contributed by atoms with Crippen molar-refractivity contribution in [3.8, 4) is 0 Å². The average Bonchev–Trinajstić information content (AvgIpc) is 3.26. The van der Waals surface area contributed by atoms with Crippen LogP contribution >= 0.6 is 11.3 Å². The lowest BCUT2D eigenvalue weighted by Crippen LogP contribution is -2.37. The number of nitrogen functional groups attached to an aromatic ring is 1. The number of benzene rings is 1. The number of rotatable bonds is 7. The summed E-state index contributed by atoms with van der Waals surface area (Å²) < 4.78 is 14.2. The Balaban J connectivity index is 1.58. The zero-order valence-electron chi connectivity index (χ0n) is 14.1. The highest BCUT2D eigenvalue weighted by Gasteiger charge is 2.25. The second kappa shape index (κ2) is 8.40. The van der Waals surface area contributed by atoms with Crippen LogP contribution in [0.3, 0.4) is 0 Å². The first kappa shape index (κ1) is 17.8. The number of thiazole rings is 1. The van der Waals surface area contributed by atoms with Crippen LogP contribution in [0.4, 0.5) is 9.52 Å². The number of hydrogen-bond acceptors (Lipinski definition) is 5. The fraction of sp³-hybridized carbons (Fsp3) is 0.444. The minimum Gasteiger partial charge on any atom is -0.375 e. The molecule has 1 unspecified atom stereocenters. The summed E-state index contributed by atoms with van der Waals surface area (Å²) in [6.45, 7) is 2.29. The van der Waals surface area contributed by atoms with Gasteiger partial charge in [-0.15, -0.1) is 11.3 Å². The largest absolute Gasteiger partial charge is 0.375 e. The molecule has 1 aromatic carbocycles. The number of nitrogens with zero attached hydrogens (tertiary/aromatic N) is 2. The number of nitrogens with two attached hydrogens (primary N) is 1. The maximum absolute atomic E-state index is 14.2. The molecule has 1 atom stereocenters. The minimum atomic E-state index is -0.216. The Hall–Kier alpha value is -1.99. The summed E-state index contributed by atoms with van der Waals surface area (Å²) in [6, 6.07) is 6.70. The smallest absolute Gasteiger partial charge is 0.220 e. The monoisotopic (exact) mass is 362 g/mol. The van der Waals surface area contributed by atoms with Crippen molar-refractivity contribution in [1.82, 2.24) is 15.2 Å². The van der Waals surface area contributed by atoms with E-state index in [4.69, 9.17) is 5.73 Å². The third-order valence-corrected chi connectivity index (χ3v) is 5.24. The van der Waals surface area contributed by atoms with Crippen LogP contribution in [0.15, 0.2) is 29.6 Å². The summed E-state index contributed by atoms with van der Waals surface area (Å²) in [4.78, 5) is 18.6. The maximum Gasteiger partial charge on any atom is 0.220 e. The van der Waals surface area contributed by atoms with Gasteiger partial charge in [0, 0.05) is 23.9 Å². The Bertz CT molecular complexity index is 715. The molecule has 25 heavy (non-hydrogen) atoms. The van der Waals surface area contributed by atoms with Crippen LogP contribution in [0.1, 0.15) is 36.6 Å². The van der Waals surface area contributed by atoms with Crippen molar-refractivity contribution in [3.63, 3.8) is 0 Å². The topological polar surface area (TPSA) is 71.2 Å². The summed E-state index contributed by atoms with van der Waals surface area (Å²) in [5, 5.41) is 5.35. The number of aromatic nitrogens is 1. The van der Waals surface area contributed by atoms with E-state index in [0.29, 0.717) is 30.1 Å². The quantitative estimate of drug-likeness (QED) is 0.794. The van der Waals surface area contributed by atoms with Crippen molar-refractivity contribution in [2.75, 3.05) is 25.4 Å². The van der Waals surface area contributed by atoms with E-state index in [1.54, 1.807) is 6.07 Å².